The lowest BCUT2D eigenvalue weighted by molar-refractivity contribution is 0.198. The van der Waals surface area contributed by atoms with Crippen molar-refractivity contribution in [2.45, 2.75) is 20.0 Å². The predicted octanol–water partition coefficient (Wildman–Crippen LogP) is 2.65. The summed E-state index contributed by atoms with van der Waals surface area (Å²) in [5.41, 5.74) is 2.24. The van der Waals surface area contributed by atoms with E-state index in [9.17, 15) is 5.11 Å². The minimum atomic E-state index is -0.359. The van der Waals surface area contributed by atoms with Gasteiger partial charge in [-0.25, -0.2) is 0 Å². The topological polar surface area (TPSA) is 20.2 Å². The van der Waals surface area contributed by atoms with E-state index in [1.807, 2.05) is 25.1 Å². The quantitative estimate of drug-likeness (QED) is 0.771. The molecule has 1 N–H and O–H groups in total. The van der Waals surface area contributed by atoms with Gasteiger partial charge in [-0.3, -0.25) is 0 Å². The second kappa shape index (κ2) is 3.54. The van der Waals surface area contributed by atoms with Gasteiger partial charge >= 0.3 is 0 Å². The summed E-state index contributed by atoms with van der Waals surface area (Å²) in [6.45, 7) is 3.84. The first-order valence-corrected chi connectivity index (χ1v) is 4.64. The van der Waals surface area contributed by atoms with E-state index in [1.165, 1.54) is 9.13 Å². The normalized spacial score (nSPS) is 13.1. The highest BCUT2D eigenvalue weighted by molar-refractivity contribution is 14.1. The Morgan fingerprint density at radius 2 is 2.09 bits per heavy atom. The highest BCUT2D eigenvalue weighted by Crippen LogP contribution is 2.22. The molecular weight excluding hydrogens is 251 g/mol. The third kappa shape index (κ3) is 1.93. The molecule has 0 saturated heterocycles. The van der Waals surface area contributed by atoms with Gasteiger partial charge < -0.3 is 5.11 Å². The lowest BCUT2D eigenvalue weighted by Gasteiger charge is -2.08. The summed E-state index contributed by atoms with van der Waals surface area (Å²) in [4.78, 5) is 0. The maximum atomic E-state index is 9.32. The maximum Gasteiger partial charge on any atom is 0.0772 e. The van der Waals surface area contributed by atoms with Crippen LogP contribution in [0.4, 0.5) is 0 Å². The molecule has 1 unspecified atom stereocenters. The zero-order valence-electron chi connectivity index (χ0n) is 6.63. The summed E-state index contributed by atoms with van der Waals surface area (Å²) in [6, 6.07) is 5.98. The van der Waals surface area contributed by atoms with Crippen LogP contribution in [0.25, 0.3) is 0 Å². The minimum Gasteiger partial charge on any atom is -0.389 e. The van der Waals surface area contributed by atoms with E-state index in [1.54, 1.807) is 6.92 Å². The molecular formula is C9H11IO. The van der Waals surface area contributed by atoms with Crippen LogP contribution in [0.3, 0.4) is 0 Å². The molecule has 0 heterocycles. The number of rotatable bonds is 1. The van der Waals surface area contributed by atoms with Crippen LogP contribution in [0.5, 0.6) is 0 Å². The molecule has 1 aromatic carbocycles. The van der Waals surface area contributed by atoms with Crippen LogP contribution in [0, 0.1) is 10.5 Å². The molecule has 1 aromatic rings. The summed E-state index contributed by atoms with van der Waals surface area (Å²) in [7, 11) is 0. The van der Waals surface area contributed by atoms with Crippen molar-refractivity contribution in [1.82, 2.24) is 0 Å². The molecule has 1 atom stereocenters. The zero-order valence-corrected chi connectivity index (χ0v) is 8.79. The van der Waals surface area contributed by atoms with E-state index < -0.39 is 0 Å². The molecule has 1 rings (SSSR count). The summed E-state index contributed by atoms with van der Waals surface area (Å²) in [5.74, 6) is 0. The summed E-state index contributed by atoms with van der Waals surface area (Å²) >= 11 is 2.26. The predicted molar refractivity (Wildman–Crippen MR) is 54.5 cm³/mol. The van der Waals surface area contributed by atoms with Gasteiger partial charge in [-0.2, -0.15) is 0 Å². The van der Waals surface area contributed by atoms with Crippen LogP contribution < -0.4 is 0 Å². The van der Waals surface area contributed by atoms with Gasteiger partial charge in [-0.1, -0.05) is 18.2 Å². The zero-order chi connectivity index (χ0) is 8.43. The Kier molecular flexibility index (Phi) is 2.90. The second-order valence-corrected chi connectivity index (χ2v) is 3.73. The number of aryl methyl sites for hydroxylation is 1. The summed E-state index contributed by atoms with van der Waals surface area (Å²) < 4.78 is 1.17. The SMILES string of the molecule is Cc1cccc(C(C)O)c1I. The van der Waals surface area contributed by atoms with Gasteiger partial charge in [-0.05, 0) is 47.6 Å². The average Bonchev–Trinajstić information content (AvgIpc) is 1.94. The largest absolute Gasteiger partial charge is 0.389 e. The number of halogens is 1. The van der Waals surface area contributed by atoms with Crippen molar-refractivity contribution < 1.29 is 5.11 Å². The summed E-state index contributed by atoms with van der Waals surface area (Å²) in [6.07, 6.45) is -0.359. The fourth-order valence-electron chi connectivity index (χ4n) is 0.993. The Balaban J connectivity index is 3.17. The monoisotopic (exact) mass is 262 g/mol. The smallest absolute Gasteiger partial charge is 0.0772 e. The molecule has 2 heteroatoms. The Labute approximate surface area is 80.6 Å². The minimum absolute atomic E-state index is 0.359. The van der Waals surface area contributed by atoms with Gasteiger partial charge in [0.05, 0.1) is 6.10 Å². The second-order valence-electron chi connectivity index (χ2n) is 2.65. The van der Waals surface area contributed by atoms with Gasteiger partial charge in [0, 0.05) is 3.57 Å². The van der Waals surface area contributed by atoms with Crippen LogP contribution in [-0.2, 0) is 0 Å². The Bertz CT molecular complexity index is 256. The van der Waals surface area contributed by atoms with Crippen LogP contribution in [-0.4, -0.2) is 5.11 Å². The van der Waals surface area contributed by atoms with E-state index in [-0.39, 0.29) is 6.10 Å². The molecule has 0 saturated carbocycles. The van der Waals surface area contributed by atoms with E-state index in [4.69, 9.17) is 0 Å². The highest BCUT2D eigenvalue weighted by atomic mass is 127. The van der Waals surface area contributed by atoms with Crippen molar-refractivity contribution >= 4 is 22.6 Å². The van der Waals surface area contributed by atoms with E-state index >= 15 is 0 Å². The van der Waals surface area contributed by atoms with Gasteiger partial charge in [0.1, 0.15) is 0 Å². The molecule has 11 heavy (non-hydrogen) atoms. The van der Waals surface area contributed by atoms with Gasteiger partial charge in [0.2, 0.25) is 0 Å². The Morgan fingerprint density at radius 3 is 2.55 bits per heavy atom. The first-order valence-electron chi connectivity index (χ1n) is 3.56. The highest BCUT2D eigenvalue weighted by Gasteiger charge is 2.05. The maximum absolute atomic E-state index is 9.32. The lowest BCUT2D eigenvalue weighted by Crippen LogP contribution is -1.95. The van der Waals surface area contributed by atoms with Gasteiger partial charge in [0.25, 0.3) is 0 Å². The molecule has 0 aliphatic rings. The third-order valence-electron chi connectivity index (χ3n) is 1.67. The van der Waals surface area contributed by atoms with E-state index in [0.717, 1.165) is 5.56 Å². The fraction of sp³-hybridized carbons (Fsp3) is 0.333. The first kappa shape index (κ1) is 9.00. The lowest BCUT2D eigenvalue weighted by atomic mass is 10.1. The first-order chi connectivity index (χ1) is 5.13. The van der Waals surface area contributed by atoms with Crippen molar-refractivity contribution in [1.29, 1.82) is 0 Å². The fourth-order valence-corrected chi connectivity index (χ4v) is 1.80. The molecule has 0 bridgehead atoms. The van der Waals surface area contributed by atoms with Gasteiger partial charge in [0.15, 0.2) is 0 Å². The van der Waals surface area contributed by atoms with Gasteiger partial charge in [-0.15, -0.1) is 0 Å². The Hall–Kier alpha value is -0.0900. The molecule has 0 amide bonds. The molecule has 0 radical (unpaired) electrons. The number of aliphatic hydroxyl groups excluding tert-OH is 1. The van der Waals surface area contributed by atoms with Crippen LogP contribution in [0.1, 0.15) is 24.2 Å². The van der Waals surface area contributed by atoms with Crippen molar-refractivity contribution in [2.75, 3.05) is 0 Å². The van der Waals surface area contributed by atoms with Crippen LogP contribution in [0.2, 0.25) is 0 Å². The molecule has 0 aliphatic heterocycles. The molecule has 0 aliphatic carbocycles. The third-order valence-corrected chi connectivity index (χ3v) is 3.15. The van der Waals surface area contributed by atoms with Crippen LogP contribution >= 0.6 is 22.6 Å². The van der Waals surface area contributed by atoms with Crippen molar-refractivity contribution in [2.24, 2.45) is 0 Å². The van der Waals surface area contributed by atoms with E-state index in [2.05, 4.69) is 22.6 Å². The number of aliphatic hydroxyl groups is 1. The molecule has 0 aromatic heterocycles. The Morgan fingerprint density at radius 1 is 1.45 bits per heavy atom. The van der Waals surface area contributed by atoms with Crippen molar-refractivity contribution in [3.63, 3.8) is 0 Å². The number of hydrogen-bond donors (Lipinski definition) is 1. The standard InChI is InChI=1S/C9H11IO/c1-6-4-3-5-8(7(2)11)9(6)10/h3-5,7,11H,1-2H3. The molecule has 60 valence electrons. The summed E-state index contributed by atoms with van der Waals surface area (Å²) in [5, 5.41) is 9.32. The molecule has 0 fully saturated rings. The van der Waals surface area contributed by atoms with E-state index in [0.29, 0.717) is 0 Å². The van der Waals surface area contributed by atoms with Crippen LogP contribution in [0.15, 0.2) is 18.2 Å². The van der Waals surface area contributed by atoms with Crippen molar-refractivity contribution in [3.8, 4) is 0 Å². The number of benzene rings is 1. The average molecular weight is 262 g/mol. The molecule has 1 nitrogen and oxygen atoms in total. The number of hydrogen-bond acceptors (Lipinski definition) is 1. The van der Waals surface area contributed by atoms with Crippen molar-refractivity contribution in [3.05, 3.63) is 32.9 Å². The molecule has 0 spiro atoms.